The highest BCUT2D eigenvalue weighted by Crippen LogP contribution is 2.18. The summed E-state index contributed by atoms with van der Waals surface area (Å²) in [6.07, 6.45) is 1.53. The van der Waals surface area contributed by atoms with Gasteiger partial charge in [-0.3, -0.25) is 9.59 Å². The van der Waals surface area contributed by atoms with Crippen LogP contribution in [-0.2, 0) is 4.79 Å². The highest BCUT2D eigenvalue weighted by atomic mass is 79.9. The second-order valence-electron chi connectivity index (χ2n) is 4.84. The Kier molecular flexibility index (Phi) is 5.46. The Morgan fingerprint density at radius 2 is 2.10 bits per heavy atom. The average Bonchev–Trinajstić information content (AvgIpc) is 2.43. The second kappa shape index (κ2) is 6.67. The van der Waals surface area contributed by atoms with Crippen LogP contribution in [0.5, 0.6) is 0 Å². The van der Waals surface area contributed by atoms with Crippen molar-refractivity contribution in [3.8, 4) is 0 Å². The maximum Gasteiger partial charge on any atom is 0.255 e. The van der Waals surface area contributed by atoms with Gasteiger partial charge in [-0.1, -0.05) is 0 Å². The lowest BCUT2D eigenvalue weighted by Crippen LogP contribution is -2.43. The molecule has 1 aromatic rings. The number of hydrazine groups is 1. The first kappa shape index (κ1) is 16.4. The standard InChI is InChI=1S/C12H18BrN5O2/c1-12(2,11(20)15-3)6-17-10(19)8-4-7(13)5-16-9(8)18-14/h4-5H,6,14H2,1-3H3,(H,15,20)(H,16,18)(H,17,19). The van der Waals surface area contributed by atoms with Crippen molar-refractivity contribution in [2.24, 2.45) is 11.3 Å². The van der Waals surface area contributed by atoms with E-state index < -0.39 is 5.41 Å². The fourth-order valence-electron chi connectivity index (χ4n) is 1.54. The summed E-state index contributed by atoms with van der Waals surface area (Å²) in [7, 11) is 1.56. The predicted molar refractivity (Wildman–Crippen MR) is 79.9 cm³/mol. The number of halogens is 1. The molecule has 20 heavy (non-hydrogen) atoms. The number of hydrogen-bond donors (Lipinski definition) is 4. The van der Waals surface area contributed by atoms with Crippen LogP contribution in [0.4, 0.5) is 5.82 Å². The van der Waals surface area contributed by atoms with Gasteiger partial charge in [0.1, 0.15) is 0 Å². The minimum atomic E-state index is -0.708. The Bertz CT molecular complexity index is 519. The average molecular weight is 344 g/mol. The number of carbonyl (C=O) groups excluding carboxylic acids is 2. The quantitative estimate of drug-likeness (QED) is 0.463. The van der Waals surface area contributed by atoms with Gasteiger partial charge in [0.05, 0.1) is 11.0 Å². The summed E-state index contributed by atoms with van der Waals surface area (Å²) in [5, 5.41) is 5.26. The summed E-state index contributed by atoms with van der Waals surface area (Å²) in [4.78, 5) is 27.8. The van der Waals surface area contributed by atoms with Crippen LogP contribution in [-0.4, -0.2) is 30.4 Å². The van der Waals surface area contributed by atoms with Crippen LogP contribution in [0.15, 0.2) is 16.7 Å². The molecule has 0 aliphatic carbocycles. The molecule has 5 N–H and O–H groups in total. The van der Waals surface area contributed by atoms with Crippen LogP contribution in [0.1, 0.15) is 24.2 Å². The Balaban J connectivity index is 2.82. The van der Waals surface area contributed by atoms with E-state index in [1.807, 2.05) is 0 Å². The molecule has 0 bridgehead atoms. The third kappa shape index (κ3) is 3.91. The van der Waals surface area contributed by atoms with Crippen LogP contribution in [0.2, 0.25) is 0 Å². The lowest BCUT2D eigenvalue weighted by molar-refractivity contribution is -0.128. The molecule has 2 amide bonds. The number of nitrogens with two attached hydrogens (primary N) is 1. The van der Waals surface area contributed by atoms with Crippen LogP contribution in [0.3, 0.4) is 0 Å². The van der Waals surface area contributed by atoms with Gasteiger partial charge in [-0.2, -0.15) is 0 Å². The zero-order valence-corrected chi connectivity index (χ0v) is 13.2. The fraction of sp³-hybridized carbons (Fsp3) is 0.417. The molecule has 1 rings (SSSR count). The number of nitrogens with zero attached hydrogens (tertiary/aromatic N) is 1. The van der Waals surface area contributed by atoms with E-state index in [4.69, 9.17) is 5.84 Å². The molecule has 0 aliphatic rings. The second-order valence-corrected chi connectivity index (χ2v) is 5.76. The van der Waals surface area contributed by atoms with Crippen molar-refractivity contribution in [3.63, 3.8) is 0 Å². The molecule has 7 nitrogen and oxygen atoms in total. The topological polar surface area (TPSA) is 109 Å². The number of aromatic nitrogens is 1. The summed E-state index contributed by atoms with van der Waals surface area (Å²) in [6, 6.07) is 1.60. The van der Waals surface area contributed by atoms with E-state index in [1.165, 1.54) is 6.20 Å². The molecular weight excluding hydrogens is 326 g/mol. The third-order valence-electron chi connectivity index (χ3n) is 2.77. The van der Waals surface area contributed by atoms with Crippen LogP contribution < -0.4 is 21.9 Å². The number of carbonyl (C=O) groups is 2. The highest BCUT2D eigenvalue weighted by molar-refractivity contribution is 9.10. The van der Waals surface area contributed by atoms with Gasteiger partial charge in [0.25, 0.3) is 5.91 Å². The fourth-order valence-corrected chi connectivity index (χ4v) is 1.87. The molecule has 0 radical (unpaired) electrons. The predicted octanol–water partition coefficient (Wildman–Crippen LogP) is 0.632. The van der Waals surface area contributed by atoms with Crippen LogP contribution in [0.25, 0.3) is 0 Å². The SMILES string of the molecule is CNC(=O)C(C)(C)CNC(=O)c1cc(Br)cnc1NN. The van der Waals surface area contributed by atoms with E-state index in [0.29, 0.717) is 10.0 Å². The maximum atomic E-state index is 12.1. The van der Waals surface area contributed by atoms with Gasteiger partial charge in [-0.25, -0.2) is 10.8 Å². The summed E-state index contributed by atoms with van der Waals surface area (Å²) >= 11 is 3.24. The van der Waals surface area contributed by atoms with Gasteiger partial charge in [0.2, 0.25) is 5.91 Å². The molecule has 0 aliphatic heterocycles. The molecule has 8 heteroatoms. The first-order valence-corrected chi connectivity index (χ1v) is 6.73. The molecule has 0 fully saturated rings. The number of nitrogens with one attached hydrogen (secondary N) is 3. The Morgan fingerprint density at radius 3 is 2.65 bits per heavy atom. The first-order valence-electron chi connectivity index (χ1n) is 5.94. The first-order chi connectivity index (χ1) is 9.31. The van der Waals surface area contributed by atoms with Gasteiger partial charge in [-0.15, -0.1) is 0 Å². The van der Waals surface area contributed by atoms with Crippen molar-refractivity contribution >= 4 is 33.6 Å². The normalized spacial score (nSPS) is 10.8. The van der Waals surface area contributed by atoms with Gasteiger partial charge < -0.3 is 16.1 Å². The smallest absolute Gasteiger partial charge is 0.255 e. The van der Waals surface area contributed by atoms with E-state index in [1.54, 1.807) is 27.0 Å². The van der Waals surface area contributed by atoms with Gasteiger partial charge in [-0.05, 0) is 35.8 Å². The Hall–Kier alpha value is -1.67. The molecular formula is C12H18BrN5O2. The van der Waals surface area contributed by atoms with E-state index in [9.17, 15) is 9.59 Å². The molecule has 0 spiro atoms. The minimum absolute atomic E-state index is 0.151. The van der Waals surface area contributed by atoms with Crippen molar-refractivity contribution in [2.75, 3.05) is 19.0 Å². The van der Waals surface area contributed by atoms with Crippen molar-refractivity contribution in [1.82, 2.24) is 15.6 Å². The van der Waals surface area contributed by atoms with Crippen molar-refractivity contribution < 1.29 is 9.59 Å². The third-order valence-corrected chi connectivity index (χ3v) is 3.20. The Morgan fingerprint density at radius 1 is 1.45 bits per heavy atom. The van der Waals surface area contributed by atoms with Gasteiger partial charge in [0, 0.05) is 24.3 Å². The van der Waals surface area contributed by atoms with E-state index in [2.05, 4.69) is 37.0 Å². The summed E-state index contributed by atoms with van der Waals surface area (Å²) in [6.45, 7) is 3.68. The molecule has 0 unspecified atom stereocenters. The number of anilines is 1. The molecule has 0 aromatic carbocycles. The zero-order chi connectivity index (χ0) is 15.3. The van der Waals surface area contributed by atoms with Gasteiger partial charge in [0.15, 0.2) is 5.82 Å². The van der Waals surface area contributed by atoms with E-state index >= 15 is 0 Å². The lowest BCUT2D eigenvalue weighted by atomic mass is 9.92. The lowest BCUT2D eigenvalue weighted by Gasteiger charge is -2.23. The molecule has 110 valence electrons. The number of pyridine rings is 1. The maximum absolute atomic E-state index is 12.1. The summed E-state index contributed by atoms with van der Waals surface area (Å²) < 4.78 is 0.659. The number of amides is 2. The molecule has 0 saturated carbocycles. The van der Waals surface area contributed by atoms with Crippen molar-refractivity contribution in [3.05, 3.63) is 22.3 Å². The monoisotopic (exact) mass is 343 g/mol. The molecule has 1 aromatic heterocycles. The summed E-state index contributed by atoms with van der Waals surface area (Å²) in [5.41, 5.74) is 1.96. The number of rotatable bonds is 5. The van der Waals surface area contributed by atoms with Crippen LogP contribution in [0, 0.1) is 5.41 Å². The molecule has 0 atom stereocenters. The van der Waals surface area contributed by atoms with Crippen molar-refractivity contribution in [1.29, 1.82) is 0 Å². The number of nitrogen functional groups attached to an aromatic ring is 1. The van der Waals surface area contributed by atoms with E-state index in [-0.39, 0.29) is 24.2 Å². The van der Waals surface area contributed by atoms with E-state index in [0.717, 1.165) is 0 Å². The zero-order valence-electron chi connectivity index (χ0n) is 11.6. The molecule has 1 heterocycles. The largest absolute Gasteiger partial charge is 0.359 e. The minimum Gasteiger partial charge on any atom is -0.359 e. The van der Waals surface area contributed by atoms with Gasteiger partial charge >= 0.3 is 0 Å². The highest BCUT2D eigenvalue weighted by Gasteiger charge is 2.27. The Labute approximate surface area is 125 Å². The number of hydrogen-bond acceptors (Lipinski definition) is 5. The van der Waals surface area contributed by atoms with Crippen LogP contribution >= 0.6 is 15.9 Å². The van der Waals surface area contributed by atoms with Crippen molar-refractivity contribution in [2.45, 2.75) is 13.8 Å². The molecule has 0 saturated heterocycles. The summed E-state index contributed by atoms with van der Waals surface area (Å²) in [5.74, 6) is 5.08.